The fraction of sp³-hybridized carbons (Fsp3) is 0. The van der Waals surface area contributed by atoms with Gasteiger partial charge in [0.15, 0.2) is 0 Å². The van der Waals surface area contributed by atoms with Crippen LogP contribution in [0.3, 0.4) is 0 Å². The van der Waals surface area contributed by atoms with Gasteiger partial charge < -0.3 is 9.32 Å². The van der Waals surface area contributed by atoms with Gasteiger partial charge in [-0.1, -0.05) is 158 Å². The second-order valence-corrected chi connectivity index (χ2v) is 14.5. The highest BCUT2D eigenvalue weighted by Gasteiger charge is 2.20. The highest BCUT2D eigenvalue weighted by molar-refractivity contribution is 6.22. The van der Waals surface area contributed by atoms with E-state index in [1.807, 2.05) is 12.1 Å². The molecule has 0 aliphatic carbocycles. The van der Waals surface area contributed by atoms with E-state index < -0.39 is 0 Å². The van der Waals surface area contributed by atoms with Crippen molar-refractivity contribution in [2.45, 2.75) is 0 Å². The summed E-state index contributed by atoms with van der Waals surface area (Å²) in [5.74, 6) is 0. The molecule has 0 amide bonds. The lowest BCUT2D eigenvalue weighted by Gasteiger charge is -2.26. The maximum atomic E-state index is 6.41. The van der Waals surface area contributed by atoms with Crippen molar-refractivity contribution in [3.8, 4) is 33.4 Å². The lowest BCUT2D eigenvalue weighted by Crippen LogP contribution is -2.10. The van der Waals surface area contributed by atoms with Gasteiger partial charge in [-0.3, -0.25) is 0 Å². The highest BCUT2D eigenvalue weighted by Crippen LogP contribution is 2.46. The molecule has 11 rings (SSSR count). The van der Waals surface area contributed by atoms with Crippen LogP contribution in [0.4, 0.5) is 17.1 Å². The van der Waals surface area contributed by atoms with Crippen LogP contribution in [0, 0.1) is 0 Å². The number of rotatable bonds is 6. The van der Waals surface area contributed by atoms with E-state index in [0.29, 0.717) is 0 Å². The summed E-state index contributed by atoms with van der Waals surface area (Å²) < 4.78 is 6.41. The zero-order chi connectivity index (χ0) is 37.0. The average Bonchev–Trinajstić information content (AvgIpc) is 3.64. The lowest BCUT2D eigenvalue weighted by atomic mass is 9.84. The highest BCUT2D eigenvalue weighted by atomic mass is 16.3. The Balaban J connectivity index is 1.12. The van der Waals surface area contributed by atoms with Crippen molar-refractivity contribution in [3.05, 3.63) is 212 Å². The van der Waals surface area contributed by atoms with Crippen LogP contribution in [-0.2, 0) is 0 Å². The van der Waals surface area contributed by atoms with Crippen LogP contribution < -0.4 is 4.90 Å². The van der Waals surface area contributed by atoms with Gasteiger partial charge in [0.25, 0.3) is 0 Å². The zero-order valence-corrected chi connectivity index (χ0v) is 30.6. The fourth-order valence-electron chi connectivity index (χ4n) is 8.62. The van der Waals surface area contributed by atoms with Crippen molar-refractivity contribution in [1.82, 2.24) is 0 Å². The Labute approximate surface area is 325 Å². The number of fused-ring (bicyclic) bond motifs is 7. The van der Waals surface area contributed by atoms with E-state index >= 15 is 0 Å². The summed E-state index contributed by atoms with van der Waals surface area (Å²) in [6, 6.07) is 76.6. The zero-order valence-electron chi connectivity index (χ0n) is 30.6. The molecule has 10 aromatic carbocycles. The number of hydrogen-bond donors (Lipinski definition) is 0. The Morgan fingerprint density at radius 1 is 0.268 bits per heavy atom. The second kappa shape index (κ2) is 13.2. The van der Waals surface area contributed by atoms with Crippen molar-refractivity contribution < 1.29 is 4.42 Å². The summed E-state index contributed by atoms with van der Waals surface area (Å²) in [6.07, 6.45) is 0. The van der Waals surface area contributed by atoms with Crippen molar-refractivity contribution in [1.29, 1.82) is 0 Å². The Kier molecular flexibility index (Phi) is 7.53. The van der Waals surface area contributed by atoms with E-state index in [9.17, 15) is 0 Å². The Hall–Kier alpha value is -7.42. The van der Waals surface area contributed by atoms with Gasteiger partial charge in [-0.2, -0.15) is 0 Å². The SMILES string of the molecule is c1ccc(-c2c(-c3ccccc3)c3cc(-c4cccc(N(c5ccc6ccccc6c5)c5ccc6c(c5)oc5ccccc56)c4)ccc3c3ccccc23)cc1. The maximum absolute atomic E-state index is 6.41. The van der Waals surface area contributed by atoms with Crippen LogP contribution in [-0.4, -0.2) is 0 Å². The molecule has 0 aliphatic heterocycles. The molecule has 0 fully saturated rings. The second-order valence-electron chi connectivity index (χ2n) is 14.5. The van der Waals surface area contributed by atoms with Crippen molar-refractivity contribution >= 4 is 71.3 Å². The average molecular weight is 714 g/mol. The minimum Gasteiger partial charge on any atom is -0.456 e. The number of hydrogen-bond acceptors (Lipinski definition) is 2. The standard InChI is InChI=1S/C54H35NO/c1-3-15-37(16-4-1)53-49-24-10-9-22-45(49)46-30-27-41(34-50(46)54(53)38-17-5-2-6-18-38)40-20-13-21-42(33-40)55(43-28-26-36-14-7-8-19-39(36)32-43)44-29-31-48-47-23-11-12-25-51(47)56-52(48)35-44/h1-35H. The van der Waals surface area contributed by atoms with Gasteiger partial charge in [-0.05, 0) is 114 Å². The third kappa shape index (κ3) is 5.34. The predicted octanol–water partition coefficient (Wildman–Crippen LogP) is 15.5. The quantitative estimate of drug-likeness (QED) is 0.160. The van der Waals surface area contributed by atoms with Crippen LogP contribution in [0.2, 0.25) is 0 Å². The van der Waals surface area contributed by atoms with Gasteiger partial charge in [0.2, 0.25) is 0 Å². The smallest absolute Gasteiger partial charge is 0.137 e. The molecule has 1 aromatic heterocycles. The minimum absolute atomic E-state index is 0.870. The molecule has 0 saturated carbocycles. The molecule has 0 atom stereocenters. The van der Waals surface area contributed by atoms with Gasteiger partial charge in [-0.25, -0.2) is 0 Å². The van der Waals surface area contributed by atoms with E-state index in [-0.39, 0.29) is 0 Å². The summed E-state index contributed by atoms with van der Waals surface area (Å²) in [7, 11) is 0. The summed E-state index contributed by atoms with van der Waals surface area (Å²) in [6.45, 7) is 0. The number of benzene rings is 10. The van der Waals surface area contributed by atoms with E-state index in [1.54, 1.807) is 0 Å². The Morgan fingerprint density at radius 2 is 0.804 bits per heavy atom. The van der Waals surface area contributed by atoms with Crippen LogP contribution in [0.5, 0.6) is 0 Å². The van der Waals surface area contributed by atoms with Gasteiger partial charge in [-0.15, -0.1) is 0 Å². The first-order chi connectivity index (χ1) is 27.8. The number of nitrogens with zero attached hydrogens (tertiary/aromatic N) is 1. The predicted molar refractivity (Wildman–Crippen MR) is 237 cm³/mol. The van der Waals surface area contributed by atoms with Crippen LogP contribution in [0.1, 0.15) is 0 Å². The molecule has 0 radical (unpaired) electrons. The molecule has 0 spiro atoms. The van der Waals surface area contributed by atoms with E-state index in [0.717, 1.165) is 50.1 Å². The Bertz CT molecular complexity index is 3250. The topological polar surface area (TPSA) is 16.4 Å². The number of furan rings is 1. The molecule has 0 aliphatic rings. The molecule has 262 valence electrons. The molecule has 0 N–H and O–H groups in total. The molecule has 0 unspecified atom stereocenters. The summed E-state index contributed by atoms with van der Waals surface area (Å²) >= 11 is 0. The molecule has 2 nitrogen and oxygen atoms in total. The number of anilines is 3. The number of para-hydroxylation sites is 1. The molecule has 0 bridgehead atoms. The van der Waals surface area contributed by atoms with Crippen LogP contribution in [0.15, 0.2) is 217 Å². The van der Waals surface area contributed by atoms with Crippen molar-refractivity contribution in [2.75, 3.05) is 4.90 Å². The first-order valence-electron chi connectivity index (χ1n) is 19.2. The Morgan fingerprint density at radius 3 is 1.61 bits per heavy atom. The molecule has 2 heteroatoms. The largest absolute Gasteiger partial charge is 0.456 e. The maximum Gasteiger partial charge on any atom is 0.137 e. The summed E-state index contributed by atoms with van der Waals surface area (Å²) in [5.41, 5.74) is 12.2. The first-order valence-corrected chi connectivity index (χ1v) is 19.2. The molecule has 56 heavy (non-hydrogen) atoms. The fourth-order valence-corrected chi connectivity index (χ4v) is 8.62. The normalized spacial score (nSPS) is 11.6. The first kappa shape index (κ1) is 32.0. The van der Waals surface area contributed by atoms with Crippen LogP contribution >= 0.6 is 0 Å². The minimum atomic E-state index is 0.870. The molecular weight excluding hydrogens is 679 g/mol. The van der Waals surface area contributed by atoms with Crippen molar-refractivity contribution in [2.24, 2.45) is 0 Å². The third-order valence-corrected chi connectivity index (χ3v) is 11.2. The van der Waals surface area contributed by atoms with E-state index in [1.165, 1.54) is 54.6 Å². The van der Waals surface area contributed by atoms with E-state index in [4.69, 9.17) is 4.42 Å². The van der Waals surface area contributed by atoms with Crippen LogP contribution in [0.25, 0.3) is 87.6 Å². The van der Waals surface area contributed by atoms with Gasteiger partial charge in [0.1, 0.15) is 11.2 Å². The molecular formula is C54H35NO. The van der Waals surface area contributed by atoms with Crippen molar-refractivity contribution in [3.63, 3.8) is 0 Å². The lowest BCUT2D eigenvalue weighted by molar-refractivity contribution is 0.669. The van der Waals surface area contributed by atoms with Gasteiger partial charge >= 0.3 is 0 Å². The molecule has 1 heterocycles. The summed E-state index contributed by atoms with van der Waals surface area (Å²) in [5, 5.41) is 9.64. The molecule has 0 saturated heterocycles. The van der Waals surface area contributed by atoms with Gasteiger partial charge in [0.05, 0.1) is 0 Å². The third-order valence-electron chi connectivity index (χ3n) is 11.2. The monoisotopic (exact) mass is 713 g/mol. The summed E-state index contributed by atoms with van der Waals surface area (Å²) in [4.78, 5) is 2.35. The van der Waals surface area contributed by atoms with E-state index in [2.05, 4.69) is 205 Å². The molecule has 11 aromatic rings. The van der Waals surface area contributed by atoms with Gasteiger partial charge in [0, 0.05) is 33.9 Å².